The minimum atomic E-state index is -0.333. The van der Waals surface area contributed by atoms with Crippen molar-refractivity contribution in [1.82, 2.24) is 0 Å². The van der Waals surface area contributed by atoms with Gasteiger partial charge < -0.3 is 9.64 Å². The fourth-order valence-corrected chi connectivity index (χ4v) is 3.12. The molecule has 0 unspecified atom stereocenters. The van der Waals surface area contributed by atoms with E-state index in [1.165, 1.54) is 7.11 Å². The molecule has 0 spiro atoms. The Labute approximate surface area is 154 Å². The molecule has 1 aliphatic heterocycles. The summed E-state index contributed by atoms with van der Waals surface area (Å²) in [6, 6.07) is 15.5. The number of hydrogen-bond donors (Lipinski definition) is 0. The van der Waals surface area contributed by atoms with Gasteiger partial charge in [-0.1, -0.05) is 44.2 Å². The molecule has 0 saturated heterocycles. The van der Waals surface area contributed by atoms with Crippen LogP contribution < -0.4 is 4.90 Å². The fraction of sp³-hybridized carbons (Fsp3) is 0.273. The molecule has 0 amide bonds. The van der Waals surface area contributed by atoms with E-state index in [1.807, 2.05) is 56.3 Å². The van der Waals surface area contributed by atoms with Gasteiger partial charge in [-0.2, -0.15) is 0 Å². The van der Waals surface area contributed by atoms with E-state index in [9.17, 15) is 9.59 Å². The summed E-state index contributed by atoms with van der Waals surface area (Å²) in [5.41, 5.74) is 4.58. The standard InChI is InChI=1S/C22H23NO3/c1-15(2)21(24)14-20(16-7-5-4-6-8-16)23-12-11-17-13-18(22(25)26-3)9-10-19(17)23/h4-10,13-15H,11-12H2,1-3H3/b20-14-. The van der Waals surface area contributed by atoms with Gasteiger partial charge in [0.1, 0.15) is 0 Å². The molecule has 0 aromatic heterocycles. The molecule has 0 aliphatic carbocycles. The Hall–Kier alpha value is -2.88. The summed E-state index contributed by atoms with van der Waals surface area (Å²) in [6.45, 7) is 4.58. The van der Waals surface area contributed by atoms with Gasteiger partial charge in [-0.3, -0.25) is 4.79 Å². The molecule has 0 atom stereocenters. The Morgan fingerprint density at radius 2 is 1.81 bits per heavy atom. The van der Waals surface area contributed by atoms with Crippen LogP contribution in [-0.4, -0.2) is 25.4 Å². The second-order valence-corrected chi connectivity index (χ2v) is 6.69. The molecule has 0 radical (unpaired) electrons. The molecule has 1 heterocycles. The summed E-state index contributed by atoms with van der Waals surface area (Å²) < 4.78 is 4.81. The third kappa shape index (κ3) is 3.54. The Bertz CT molecular complexity index is 853. The van der Waals surface area contributed by atoms with Gasteiger partial charge in [0.05, 0.1) is 18.4 Å². The van der Waals surface area contributed by atoms with Crippen LogP contribution in [0.5, 0.6) is 0 Å². The van der Waals surface area contributed by atoms with E-state index in [1.54, 1.807) is 12.1 Å². The van der Waals surface area contributed by atoms with Crippen molar-refractivity contribution in [2.45, 2.75) is 20.3 Å². The number of hydrogen-bond acceptors (Lipinski definition) is 4. The van der Waals surface area contributed by atoms with E-state index in [0.717, 1.165) is 35.5 Å². The first-order valence-electron chi connectivity index (χ1n) is 8.81. The van der Waals surface area contributed by atoms with E-state index in [0.29, 0.717) is 5.56 Å². The molecule has 0 bridgehead atoms. The van der Waals surface area contributed by atoms with Crippen molar-refractivity contribution in [1.29, 1.82) is 0 Å². The van der Waals surface area contributed by atoms with Gasteiger partial charge in [0, 0.05) is 24.2 Å². The van der Waals surface area contributed by atoms with Crippen molar-refractivity contribution in [3.8, 4) is 0 Å². The number of nitrogens with zero attached hydrogens (tertiary/aromatic N) is 1. The molecule has 4 heteroatoms. The molecule has 0 N–H and O–H groups in total. The molecule has 1 aliphatic rings. The number of methoxy groups -OCH3 is 1. The second-order valence-electron chi connectivity index (χ2n) is 6.69. The normalized spacial score (nSPS) is 13.7. The van der Waals surface area contributed by atoms with Crippen LogP contribution >= 0.6 is 0 Å². The van der Waals surface area contributed by atoms with E-state index >= 15 is 0 Å². The second kappa shape index (κ2) is 7.56. The molecule has 2 aromatic carbocycles. The monoisotopic (exact) mass is 349 g/mol. The largest absolute Gasteiger partial charge is 0.465 e. The molecule has 134 valence electrons. The number of esters is 1. The van der Waals surface area contributed by atoms with Gasteiger partial charge >= 0.3 is 5.97 Å². The molecule has 4 nitrogen and oxygen atoms in total. The highest BCUT2D eigenvalue weighted by Gasteiger charge is 2.25. The van der Waals surface area contributed by atoms with Gasteiger partial charge in [-0.25, -0.2) is 4.79 Å². The maximum Gasteiger partial charge on any atom is 0.337 e. The third-order valence-electron chi connectivity index (χ3n) is 4.60. The van der Waals surface area contributed by atoms with Crippen LogP contribution in [0.4, 0.5) is 5.69 Å². The highest BCUT2D eigenvalue weighted by atomic mass is 16.5. The average Bonchev–Trinajstić information content (AvgIpc) is 3.08. The number of ketones is 1. The molecule has 0 saturated carbocycles. The Morgan fingerprint density at radius 1 is 1.08 bits per heavy atom. The molecule has 2 aromatic rings. The van der Waals surface area contributed by atoms with E-state index in [2.05, 4.69) is 4.90 Å². The summed E-state index contributed by atoms with van der Waals surface area (Å²) in [7, 11) is 1.38. The van der Waals surface area contributed by atoms with Crippen LogP contribution in [0.15, 0.2) is 54.6 Å². The summed E-state index contributed by atoms with van der Waals surface area (Å²) in [6.07, 6.45) is 2.56. The molecular formula is C22H23NO3. The summed E-state index contributed by atoms with van der Waals surface area (Å²) in [5.74, 6) is -0.291. The summed E-state index contributed by atoms with van der Waals surface area (Å²) in [4.78, 5) is 26.4. The van der Waals surface area contributed by atoms with Crippen molar-refractivity contribution in [3.63, 3.8) is 0 Å². The lowest BCUT2D eigenvalue weighted by atomic mass is 10.0. The first-order valence-corrected chi connectivity index (χ1v) is 8.81. The third-order valence-corrected chi connectivity index (χ3v) is 4.60. The first kappa shape index (κ1) is 17.9. The zero-order valence-corrected chi connectivity index (χ0v) is 15.4. The molecular weight excluding hydrogens is 326 g/mol. The lowest BCUT2D eigenvalue weighted by Crippen LogP contribution is -2.20. The van der Waals surface area contributed by atoms with Crippen molar-refractivity contribution in [2.75, 3.05) is 18.6 Å². The highest BCUT2D eigenvalue weighted by molar-refractivity contribution is 6.01. The van der Waals surface area contributed by atoms with Gasteiger partial charge in [-0.15, -0.1) is 0 Å². The fourth-order valence-electron chi connectivity index (χ4n) is 3.12. The van der Waals surface area contributed by atoms with Crippen LogP contribution in [0.25, 0.3) is 5.70 Å². The summed E-state index contributed by atoms with van der Waals surface area (Å²) in [5, 5.41) is 0. The predicted molar refractivity (Wildman–Crippen MR) is 103 cm³/mol. The number of rotatable bonds is 5. The highest BCUT2D eigenvalue weighted by Crippen LogP contribution is 2.35. The average molecular weight is 349 g/mol. The Balaban J connectivity index is 2.03. The van der Waals surface area contributed by atoms with Crippen LogP contribution in [0.2, 0.25) is 0 Å². The lowest BCUT2D eigenvalue weighted by Gasteiger charge is -2.24. The number of allylic oxidation sites excluding steroid dienone is 1. The van der Waals surface area contributed by atoms with E-state index < -0.39 is 0 Å². The van der Waals surface area contributed by atoms with Crippen LogP contribution in [0.1, 0.15) is 35.3 Å². The lowest BCUT2D eigenvalue weighted by molar-refractivity contribution is -0.117. The van der Waals surface area contributed by atoms with E-state index in [-0.39, 0.29) is 17.7 Å². The van der Waals surface area contributed by atoms with Crippen molar-refractivity contribution >= 4 is 23.1 Å². The smallest absolute Gasteiger partial charge is 0.337 e. The Morgan fingerprint density at radius 3 is 2.46 bits per heavy atom. The number of anilines is 1. The number of carbonyl (C=O) groups is 2. The predicted octanol–water partition coefficient (Wildman–Crippen LogP) is 4.10. The maximum atomic E-state index is 12.4. The molecule has 26 heavy (non-hydrogen) atoms. The van der Waals surface area contributed by atoms with Crippen molar-refractivity contribution in [2.24, 2.45) is 5.92 Å². The number of carbonyl (C=O) groups excluding carboxylic acids is 2. The quantitative estimate of drug-likeness (QED) is 0.602. The van der Waals surface area contributed by atoms with Gasteiger partial charge in [0.25, 0.3) is 0 Å². The maximum absolute atomic E-state index is 12.4. The first-order chi connectivity index (χ1) is 12.5. The van der Waals surface area contributed by atoms with Crippen LogP contribution in [0, 0.1) is 5.92 Å². The van der Waals surface area contributed by atoms with Crippen molar-refractivity contribution < 1.29 is 14.3 Å². The minimum absolute atomic E-state index is 0.0579. The van der Waals surface area contributed by atoms with Crippen molar-refractivity contribution in [3.05, 3.63) is 71.3 Å². The van der Waals surface area contributed by atoms with Crippen LogP contribution in [-0.2, 0) is 16.0 Å². The molecule has 3 rings (SSSR count). The molecule has 0 fully saturated rings. The number of ether oxygens (including phenoxy) is 1. The van der Waals surface area contributed by atoms with Gasteiger partial charge in [-0.05, 0) is 35.7 Å². The topological polar surface area (TPSA) is 46.6 Å². The van der Waals surface area contributed by atoms with Gasteiger partial charge in [0.2, 0.25) is 0 Å². The zero-order chi connectivity index (χ0) is 18.7. The Kier molecular flexibility index (Phi) is 5.21. The number of fused-ring (bicyclic) bond motifs is 1. The van der Waals surface area contributed by atoms with E-state index in [4.69, 9.17) is 4.74 Å². The zero-order valence-electron chi connectivity index (χ0n) is 15.4. The SMILES string of the molecule is COC(=O)c1ccc2c(c1)CCN2/C(=C\C(=O)C(C)C)c1ccccc1. The summed E-state index contributed by atoms with van der Waals surface area (Å²) >= 11 is 0. The minimum Gasteiger partial charge on any atom is -0.465 e. The van der Waals surface area contributed by atoms with Crippen LogP contribution in [0.3, 0.4) is 0 Å². The van der Waals surface area contributed by atoms with Gasteiger partial charge in [0.15, 0.2) is 5.78 Å². The number of benzene rings is 2.